The van der Waals surface area contributed by atoms with Gasteiger partial charge >= 0.3 is 0 Å². The molecule has 2 N–H and O–H groups in total. The molecular formula is C11H14N2O4. The smallest absolute Gasteiger partial charge is 0.271 e. The summed E-state index contributed by atoms with van der Waals surface area (Å²) in [4.78, 5) is 21.6. The lowest BCUT2D eigenvalue weighted by molar-refractivity contribution is -0.384. The number of non-ortho nitro benzene ring substituents is 1. The van der Waals surface area contributed by atoms with Gasteiger partial charge in [-0.1, -0.05) is 20.8 Å². The minimum Gasteiger partial charge on any atom is -0.506 e. The Kier molecular flexibility index (Phi) is 3.36. The summed E-state index contributed by atoms with van der Waals surface area (Å²) in [5.41, 5.74) is -0.789. The summed E-state index contributed by atoms with van der Waals surface area (Å²) < 4.78 is 0. The van der Waals surface area contributed by atoms with Crippen LogP contribution < -0.4 is 5.32 Å². The van der Waals surface area contributed by atoms with Crippen molar-refractivity contribution < 1.29 is 14.8 Å². The average molecular weight is 238 g/mol. The van der Waals surface area contributed by atoms with Crippen molar-refractivity contribution >= 4 is 17.3 Å². The fourth-order valence-electron chi connectivity index (χ4n) is 1.05. The number of phenols is 1. The second kappa shape index (κ2) is 4.40. The highest BCUT2D eigenvalue weighted by Gasteiger charge is 2.23. The number of hydrogen-bond acceptors (Lipinski definition) is 4. The molecule has 0 aliphatic heterocycles. The van der Waals surface area contributed by atoms with Crippen molar-refractivity contribution in [3.05, 3.63) is 28.3 Å². The highest BCUT2D eigenvalue weighted by atomic mass is 16.6. The van der Waals surface area contributed by atoms with Gasteiger partial charge in [-0.3, -0.25) is 14.9 Å². The monoisotopic (exact) mass is 238 g/mol. The maximum Gasteiger partial charge on any atom is 0.271 e. The third kappa shape index (κ3) is 3.17. The lowest BCUT2D eigenvalue weighted by Gasteiger charge is -2.17. The number of aromatic hydroxyl groups is 1. The zero-order chi connectivity index (χ0) is 13.2. The molecular weight excluding hydrogens is 224 g/mol. The molecule has 0 saturated heterocycles. The maximum atomic E-state index is 11.7. The number of carbonyl (C=O) groups excluding carboxylic acids is 1. The van der Waals surface area contributed by atoms with Gasteiger partial charge in [-0.05, 0) is 6.07 Å². The van der Waals surface area contributed by atoms with Crippen LogP contribution in [0.25, 0.3) is 0 Å². The van der Waals surface area contributed by atoms with Crippen LogP contribution in [0.5, 0.6) is 5.75 Å². The van der Waals surface area contributed by atoms with Crippen molar-refractivity contribution in [2.75, 3.05) is 5.32 Å². The number of nitrogens with one attached hydrogen (secondary N) is 1. The van der Waals surface area contributed by atoms with Crippen LogP contribution in [-0.4, -0.2) is 15.9 Å². The molecule has 0 saturated carbocycles. The molecule has 0 aliphatic carbocycles. The number of carbonyl (C=O) groups is 1. The van der Waals surface area contributed by atoms with E-state index in [2.05, 4.69) is 5.32 Å². The van der Waals surface area contributed by atoms with Crippen molar-refractivity contribution in [1.29, 1.82) is 0 Å². The number of amides is 1. The minimum atomic E-state index is -0.642. The summed E-state index contributed by atoms with van der Waals surface area (Å²) in [7, 11) is 0. The van der Waals surface area contributed by atoms with Crippen molar-refractivity contribution in [2.24, 2.45) is 5.41 Å². The van der Waals surface area contributed by atoms with E-state index in [1.807, 2.05) is 0 Å². The third-order valence-corrected chi connectivity index (χ3v) is 2.12. The van der Waals surface area contributed by atoms with E-state index in [4.69, 9.17) is 0 Å². The van der Waals surface area contributed by atoms with Crippen LogP contribution in [0.2, 0.25) is 0 Å². The standard InChI is InChI=1S/C11H14N2O4/c1-11(2,3)10(15)12-8-6-7(13(16)17)4-5-9(8)14/h4-6,14H,1-3H3,(H,12,15). The minimum absolute atomic E-state index is 0.0409. The molecule has 92 valence electrons. The van der Waals surface area contributed by atoms with Crippen molar-refractivity contribution in [3.8, 4) is 5.75 Å². The molecule has 0 aliphatic rings. The molecule has 0 aromatic heterocycles. The highest BCUT2D eigenvalue weighted by molar-refractivity contribution is 5.96. The van der Waals surface area contributed by atoms with Gasteiger partial charge in [0.15, 0.2) is 0 Å². The molecule has 0 atom stereocenters. The SMILES string of the molecule is CC(C)(C)C(=O)Nc1cc([N+](=O)[O-])ccc1O. The summed E-state index contributed by atoms with van der Waals surface area (Å²) in [5.74, 6) is -0.526. The molecule has 6 nitrogen and oxygen atoms in total. The first-order valence-electron chi connectivity index (χ1n) is 5.00. The molecule has 1 aromatic carbocycles. The van der Waals surface area contributed by atoms with E-state index in [-0.39, 0.29) is 23.0 Å². The Morgan fingerprint density at radius 1 is 1.41 bits per heavy atom. The number of phenolic OH excluding ortho intramolecular Hbond substituents is 1. The third-order valence-electron chi connectivity index (χ3n) is 2.12. The Hall–Kier alpha value is -2.11. The fraction of sp³-hybridized carbons (Fsp3) is 0.364. The molecule has 0 radical (unpaired) electrons. The van der Waals surface area contributed by atoms with E-state index in [1.54, 1.807) is 20.8 Å². The Morgan fingerprint density at radius 3 is 2.47 bits per heavy atom. The first-order chi connectivity index (χ1) is 7.71. The molecule has 0 fully saturated rings. The topological polar surface area (TPSA) is 92.5 Å². The van der Waals surface area contributed by atoms with E-state index < -0.39 is 10.3 Å². The van der Waals surface area contributed by atoms with E-state index in [1.165, 1.54) is 12.1 Å². The lowest BCUT2D eigenvalue weighted by atomic mass is 9.95. The molecule has 0 bridgehead atoms. The second-order valence-electron chi connectivity index (χ2n) is 4.66. The fourth-order valence-corrected chi connectivity index (χ4v) is 1.05. The number of rotatable bonds is 2. The molecule has 0 heterocycles. The van der Waals surface area contributed by atoms with Crippen LogP contribution in [0.15, 0.2) is 18.2 Å². The van der Waals surface area contributed by atoms with Gasteiger partial charge in [0.2, 0.25) is 5.91 Å². The Bertz CT molecular complexity index is 463. The van der Waals surface area contributed by atoms with E-state index in [0.29, 0.717) is 0 Å². The van der Waals surface area contributed by atoms with Crippen LogP contribution in [0.4, 0.5) is 11.4 Å². The number of nitro benzene ring substituents is 1. The van der Waals surface area contributed by atoms with Crippen LogP contribution in [-0.2, 0) is 4.79 Å². The van der Waals surface area contributed by atoms with Crippen molar-refractivity contribution in [2.45, 2.75) is 20.8 Å². The molecule has 1 aromatic rings. The predicted octanol–water partition coefficient (Wildman–Crippen LogP) is 2.29. The number of nitro groups is 1. The van der Waals surface area contributed by atoms with Gasteiger partial charge < -0.3 is 10.4 Å². The number of nitrogens with zero attached hydrogens (tertiary/aromatic N) is 1. The van der Waals surface area contributed by atoms with Gasteiger partial charge in [0, 0.05) is 17.5 Å². The van der Waals surface area contributed by atoms with Crippen LogP contribution in [0.3, 0.4) is 0 Å². The summed E-state index contributed by atoms with van der Waals surface area (Å²) in [5, 5.41) is 22.5. The molecule has 6 heteroatoms. The molecule has 1 rings (SSSR count). The molecule has 0 spiro atoms. The quantitative estimate of drug-likeness (QED) is 0.469. The lowest BCUT2D eigenvalue weighted by Crippen LogP contribution is -2.27. The number of anilines is 1. The maximum absolute atomic E-state index is 11.7. The van der Waals surface area contributed by atoms with Crippen molar-refractivity contribution in [1.82, 2.24) is 0 Å². The normalized spacial score (nSPS) is 11.0. The molecule has 0 unspecified atom stereocenters. The average Bonchev–Trinajstić information content (AvgIpc) is 2.19. The number of hydrogen-bond donors (Lipinski definition) is 2. The molecule has 1 amide bonds. The van der Waals surface area contributed by atoms with Gasteiger partial charge in [0.1, 0.15) is 5.75 Å². The van der Waals surface area contributed by atoms with Crippen molar-refractivity contribution in [3.63, 3.8) is 0 Å². The molecule has 17 heavy (non-hydrogen) atoms. The largest absolute Gasteiger partial charge is 0.506 e. The van der Waals surface area contributed by atoms with Crippen LogP contribution >= 0.6 is 0 Å². The highest BCUT2D eigenvalue weighted by Crippen LogP contribution is 2.29. The van der Waals surface area contributed by atoms with E-state index in [0.717, 1.165) is 6.07 Å². The summed E-state index contributed by atoms with van der Waals surface area (Å²) in [6.45, 7) is 5.12. The van der Waals surface area contributed by atoms with Gasteiger partial charge in [-0.2, -0.15) is 0 Å². The number of benzene rings is 1. The summed E-state index contributed by atoms with van der Waals surface area (Å²) in [6.07, 6.45) is 0. The summed E-state index contributed by atoms with van der Waals surface area (Å²) >= 11 is 0. The van der Waals surface area contributed by atoms with Gasteiger partial charge in [-0.25, -0.2) is 0 Å². The Balaban J connectivity index is 3.02. The van der Waals surface area contributed by atoms with Gasteiger partial charge in [-0.15, -0.1) is 0 Å². The zero-order valence-electron chi connectivity index (χ0n) is 9.85. The van der Waals surface area contributed by atoms with E-state index >= 15 is 0 Å². The Morgan fingerprint density at radius 2 is 2.00 bits per heavy atom. The second-order valence-corrected chi connectivity index (χ2v) is 4.66. The Labute approximate surface area is 98.4 Å². The first-order valence-corrected chi connectivity index (χ1v) is 5.00. The predicted molar refractivity (Wildman–Crippen MR) is 62.8 cm³/mol. The zero-order valence-corrected chi connectivity index (χ0v) is 9.85. The van der Waals surface area contributed by atoms with Gasteiger partial charge in [0.25, 0.3) is 5.69 Å². The van der Waals surface area contributed by atoms with E-state index in [9.17, 15) is 20.0 Å². The van der Waals surface area contributed by atoms with Crippen LogP contribution in [0.1, 0.15) is 20.8 Å². The first kappa shape index (κ1) is 13.0. The van der Waals surface area contributed by atoms with Crippen LogP contribution in [0, 0.1) is 15.5 Å². The van der Waals surface area contributed by atoms with Gasteiger partial charge in [0.05, 0.1) is 10.6 Å². The summed E-state index contributed by atoms with van der Waals surface area (Å²) in [6, 6.07) is 3.47.